The molecule has 2 amide bonds. The molecule has 1 heterocycles. The maximum absolute atomic E-state index is 10.9. The number of carbonyl (C=O) groups is 2. The highest BCUT2D eigenvalue weighted by Gasteiger charge is 2.27. The third-order valence-electron chi connectivity index (χ3n) is 1.60. The van der Waals surface area contributed by atoms with Gasteiger partial charge in [0.05, 0.1) is 0 Å². The average Bonchev–Trinajstić information content (AvgIpc) is 2.20. The van der Waals surface area contributed by atoms with Crippen molar-refractivity contribution in [1.29, 1.82) is 0 Å². The van der Waals surface area contributed by atoms with Gasteiger partial charge in [-0.05, 0) is 6.42 Å². The Bertz CT molecular complexity index is 149. The molecular formula is C7H11NO2. The van der Waals surface area contributed by atoms with Gasteiger partial charge in [0.1, 0.15) is 0 Å². The molecule has 1 aliphatic heterocycles. The van der Waals surface area contributed by atoms with Crippen LogP contribution in [0.15, 0.2) is 0 Å². The van der Waals surface area contributed by atoms with Gasteiger partial charge in [0, 0.05) is 19.4 Å². The summed E-state index contributed by atoms with van der Waals surface area (Å²) in [5.74, 6) is -0.0151. The second-order valence-corrected chi connectivity index (χ2v) is 2.44. The van der Waals surface area contributed by atoms with E-state index < -0.39 is 0 Å². The van der Waals surface area contributed by atoms with Crippen molar-refractivity contribution in [3.63, 3.8) is 0 Å². The molecule has 10 heavy (non-hydrogen) atoms. The Morgan fingerprint density at radius 1 is 1.30 bits per heavy atom. The highest BCUT2D eigenvalue weighted by atomic mass is 16.2. The molecule has 1 aliphatic rings. The van der Waals surface area contributed by atoms with Gasteiger partial charge in [-0.2, -0.15) is 0 Å². The van der Waals surface area contributed by atoms with E-state index >= 15 is 0 Å². The molecular weight excluding hydrogens is 130 g/mol. The van der Waals surface area contributed by atoms with Gasteiger partial charge in [-0.1, -0.05) is 6.92 Å². The molecule has 3 nitrogen and oxygen atoms in total. The highest BCUT2D eigenvalue weighted by molar-refractivity contribution is 6.01. The number of amides is 2. The molecule has 0 aromatic heterocycles. The fourth-order valence-corrected chi connectivity index (χ4v) is 1.10. The Kier molecular flexibility index (Phi) is 2.04. The highest BCUT2D eigenvalue weighted by Crippen LogP contribution is 2.11. The standard InChI is InChI=1S/C7H11NO2/c1-2-5-8-6(9)3-4-7(8)10/h2-5H2,1H3. The van der Waals surface area contributed by atoms with Gasteiger partial charge < -0.3 is 0 Å². The van der Waals surface area contributed by atoms with E-state index in [2.05, 4.69) is 0 Å². The molecule has 0 spiro atoms. The van der Waals surface area contributed by atoms with Crippen molar-refractivity contribution >= 4 is 11.8 Å². The van der Waals surface area contributed by atoms with Crippen LogP contribution in [0.4, 0.5) is 0 Å². The van der Waals surface area contributed by atoms with E-state index in [0.717, 1.165) is 6.42 Å². The number of likely N-dealkylation sites (tertiary alicyclic amines) is 1. The zero-order valence-electron chi connectivity index (χ0n) is 6.09. The predicted octanol–water partition coefficient (Wildman–Crippen LogP) is 0.545. The third kappa shape index (κ3) is 1.17. The normalized spacial score (nSPS) is 18.7. The molecule has 0 aliphatic carbocycles. The summed E-state index contributed by atoms with van der Waals surface area (Å²) >= 11 is 0. The van der Waals surface area contributed by atoms with Gasteiger partial charge >= 0.3 is 0 Å². The largest absolute Gasteiger partial charge is 0.283 e. The first kappa shape index (κ1) is 7.25. The van der Waals surface area contributed by atoms with Gasteiger partial charge in [0.25, 0.3) is 0 Å². The molecule has 1 saturated heterocycles. The van der Waals surface area contributed by atoms with Crippen molar-refractivity contribution in [2.75, 3.05) is 6.54 Å². The molecule has 0 unspecified atom stereocenters. The van der Waals surface area contributed by atoms with Crippen molar-refractivity contribution in [2.45, 2.75) is 26.2 Å². The molecule has 0 bridgehead atoms. The SMILES string of the molecule is CCCN1C(=O)CCC1=O. The van der Waals surface area contributed by atoms with Gasteiger partial charge in [0.2, 0.25) is 11.8 Å². The summed E-state index contributed by atoms with van der Waals surface area (Å²) in [6.45, 7) is 2.55. The van der Waals surface area contributed by atoms with Gasteiger partial charge in [-0.25, -0.2) is 0 Å². The number of carbonyl (C=O) groups excluding carboxylic acids is 2. The van der Waals surface area contributed by atoms with Crippen LogP contribution in [0.25, 0.3) is 0 Å². The summed E-state index contributed by atoms with van der Waals surface area (Å²) in [7, 11) is 0. The second kappa shape index (κ2) is 2.82. The fraction of sp³-hybridized carbons (Fsp3) is 0.714. The lowest BCUT2D eigenvalue weighted by Gasteiger charge is -2.10. The molecule has 0 N–H and O–H groups in total. The number of imide groups is 1. The Labute approximate surface area is 60.0 Å². The number of hydrogen-bond acceptors (Lipinski definition) is 2. The van der Waals surface area contributed by atoms with E-state index in [1.807, 2.05) is 6.92 Å². The maximum Gasteiger partial charge on any atom is 0.229 e. The minimum absolute atomic E-state index is 0.00755. The first-order chi connectivity index (χ1) is 4.75. The first-order valence-electron chi connectivity index (χ1n) is 3.59. The second-order valence-electron chi connectivity index (χ2n) is 2.44. The molecule has 1 fully saturated rings. The van der Waals surface area contributed by atoms with Crippen molar-refractivity contribution in [1.82, 2.24) is 4.90 Å². The topological polar surface area (TPSA) is 37.4 Å². The molecule has 0 saturated carbocycles. The summed E-state index contributed by atoms with van der Waals surface area (Å²) in [5, 5.41) is 0. The average molecular weight is 141 g/mol. The van der Waals surface area contributed by atoms with E-state index in [0.29, 0.717) is 19.4 Å². The maximum atomic E-state index is 10.9. The van der Waals surface area contributed by atoms with E-state index in [4.69, 9.17) is 0 Å². The van der Waals surface area contributed by atoms with E-state index in [-0.39, 0.29) is 11.8 Å². The van der Waals surface area contributed by atoms with E-state index in [9.17, 15) is 9.59 Å². The third-order valence-corrected chi connectivity index (χ3v) is 1.60. The smallest absolute Gasteiger partial charge is 0.229 e. The van der Waals surface area contributed by atoms with Gasteiger partial charge in [0.15, 0.2) is 0 Å². The van der Waals surface area contributed by atoms with Crippen LogP contribution in [-0.2, 0) is 9.59 Å². The Balaban J connectivity index is 2.54. The Hall–Kier alpha value is -0.860. The van der Waals surface area contributed by atoms with Crippen LogP contribution in [-0.4, -0.2) is 23.3 Å². The van der Waals surface area contributed by atoms with E-state index in [1.165, 1.54) is 4.90 Å². The van der Waals surface area contributed by atoms with Gasteiger partial charge in [-0.15, -0.1) is 0 Å². The van der Waals surface area contributed by atoms with Crippen LogP contribution in [0, 0.1) is 0 Å². The predicted molar refractivity (Wildman–Crippen MR) is 36.2 cm³/mol. The number of hydrogen-bond donors (Lipinski definition) is 0. The Morgan fingerprint density at radius 2 is 1.80 bits per heavy atom. The molecule has 56 valence electrons. The Morgan fingerprint density at radius 3 is 2.20 bits per heavy atom. The number of nitrogens with zero attached hydrogens (tertiary/aromatic N) is 1. The molecule has 0 aromatic carbocycles. The van der Waals surface area contributed by atoms with Crippen molar-refractivity contribution in [3.8, 4) is 0 Å². The monoisotopic (exact) mass is 141 g/mol. The molecule has 1 rings (SSSR count). The van der Waals surface area contributed by atoms with Gasteiger partial charge in [-0.3, -0.25) is 14.5 Å². The van der Waals surface area contributed by atoms with Crippen molar-refractivity contribution in [2.24, 2.45) is 0 Å². The van der Waals surface area contributed by atoms with E-state index in [1.54, 1.807) is 0 Å². The lowest BCUT2D eigenvalue weighted by atomic mass is 10.4. The summed E-state index contributed by atoms with van der Waals surface area (Å²) in [6, 6.07) is 0. The van der Waals surface area contributed by atoms with Crippen molar-refractivity contribution in [3.05, 3.63) is 0 Å². The first-order valence-corrected chi connectivity index (χ1v) is 3.59. The molecule has 0 atom stereocenters. The minimum Gasteiger partial charge on any atom is -0.283 e. The summed E-state index contributed by atoms with van der Waals surface area (Å²) in [6.07, 6.45) is 1.69. The summed E-state index contributed by atoms with van der Waals surface area (Å²) in [5.41, 5.74) is 0. The van der Waals surface area contributed by atoms with Crippen LogP contribution in [0.5, 0.6) is 0 Å². The number of rotatable bonds is 2. The zero-order chi connectivity index (χ0) is 7.56. The van der Waals surface area contributed by atoms with Crippen molar-refractivity contribution < 1.29 is 9.59 Å². The zero-order valence-corrected chi connectivity index (χ0v) is 6.09. The van der Waals surface area contributed by atoms with Crippen LogP contribution >= 0.6 is 0 Å². The summed E-state index contributed by atoms with van der Waals surface area (Å²) < 4.78 is 0. The van der Waals surface area contributed by atoms with Crippen LogP contribution in [0.2, 0.25) is 0 Å². The summed E-state index contributed by atoms with van der Waals surface area (Å²) in [4.78, 5) is 23.1. The van der Waals surface area contributed by atoms with Crippen LogP contribution in [0.1, 0.15) is 26.2 Å². The van der Waals surface area contributed by atoms with Crippen LogP contribution < -0.4 is 0 Å². The molecule has 3 heteroatoms. The molecule has 0 radical (unpaired) electrons. The lowest BCUT2D eigenvalue weighted by Crippen LogP contribution is -2.29. The molecule has 0 aromatic rings. The van der Waals surface area contributed by atoms with Crippen LogP contribution in [0.3, 0.4) is 0 Å². The lowest BCUT2D eigenvalue weighted by molar-refractivity contribution is -0.138. The quantitative estimate of drug-likeness (QED) is 0.526. The minimum atomic E-state index is -0.00755. The fourth-order valence-electron chi connectivity index (χ4n) is 1.10.